The van der Waals surface area contributed by atoms with E-state index in [0.29, 0.717) is 11.4 Å². The van der Waals surface area contributed by atoms with Crippen molar-refractivity contribution < 1.29 is 8.42 Å². The Hall–Kier alpha value is -0.910. The molecule has 0 bridgehead atoms. The molecule has 0 spiro atoms. The molecule has 88 valence electrons. The Morgan fingerprint density at radius 2 is 2.00 bits per heavy atom. The van der Waals surface area contributed by atoms with Crippen molar-refractivity contribution in [2.75, 3.05) is 13.1 Å². The van der Waals surface area contributed by atoms with Gasteiger partial charge in [-0.3, -0.25) is 0 Å². The van der Waals surface area contributed by atoms with E-state index in [1.54, 1.807) is 30.3 Å². The van der Waals surface area contributed by atoms with Gasteiger partial charge >= 0.3 is 0 Å². The zero-order valence-electron chi connectivity index (χ0n) is 9.23. The molecule has 1 unspecified atom stereocenters. The SMILES string of the molecule is CC1(NS(=O)(=O)c2ccccc2)CCNC1. The number of benzene rings is 1. The summed E-state index contributed by atoms with van der Waals surface area (Å²) in [5, 5.41) is 3.16. The van der Waals surface area contributed by atoms with E-state index < -0.39 is 10.0 Å². The normalized spacial score (nSPS) is 25.8. The Bertz CT molecular complexity index is 450. The minimum Gasteiger partial charge on any atom is -0.315 e. The van der Waals surface area contributed by atoms with Gasteiger partial charge in [-0.05, 0) is 32.0 Å². The van der Waals surface area contributed by atoms with Crippen LogP contribution < -0.4 is 10.0 Å². The summed E-state index contributed by atoms with van der Waals surface area (Å²) in [6.07, 6.45) is 0.819. The van der Waals surface area contributed by atoms with Crippen LogP contribution in [-0.4, -0.2) is 27.0 Å². The highest BCUT2D eigenvalue weighted by atomic mass is 32.2. The monoisotopic (exact) mass is 240 g/mol. The Morgan fingerprint density at radius 1 is 1.31 bits per heavy atom. The quantitative estimate of drug-likeness (QED) is 0.818. The highest BCUT2D eigenvalue weighted by Crippen LogP contribution is 2.18. The van der Waals surface area contributed by atoms with Crippen molar-refractivity contribution in [3.63, 3.8) is 0 Å². The number of rotatable bonds is 3. The van der Waals surface area contributed by atoms with Crippen molar-refractivity contribution in [3.05, 3.63) is 30.3 Å². The zero-order chi connectivity index (χ0) is 11.6. The van der Waals surface area contributed by atoms with Gasteiger partial charge in [0.15, 0.2) is 0 Å². The summed E-state index contributed by atoms with van der Waals surface area (Å²) in [5.74, 6) is 0. The summed E-state index contributed by atoms with van der Waals surface area (Å²) in [6, 6.07) is 8.47. The number of sulfonamides is 1. The van der Waals surface area contributed by atoms with Crippen molar-refractivity contribution in [1.29, 1.82) is 0 Å². The first-order chi connectivity index (χ1) is 7.52. The molecule has 0 aliphatic carbocycles. The minimum absolute atomic E-state index is 0.322. The molecular formula is C11H16N2O2S. The molecule has 1 atom stereocenters. The van der Waals surface area contributed by atoms with E-state index in [-0.39, 0.29) is 5.54 Å². The van der Waals surface area contributed by atoms with Crippen LogP contribution in [0.5, 0.6) is 0 Å². The highest BCUT2D eigenvalue weighted by Gasteiger charge is 2.33. The van der Waals surface area contributed by atoms with Gasteiger partial charge in [0.1, 0.15) is 0 Å². The second kappa shape index (κ2) is 4.16. The maximum absolute atomic E-state index is 12.1. The lowest BCUT2D eigenvalue weighted by Gasteiger charge is -2.24. The highest BCUT2D eigenvalue weighted by molar-refractivity contribution is 7.89. The topological polar surface area (TPSA) is 58.2 Å². The van der Waals surface area contributed by atoms with E-state index >= 15 is 0 Å². The first kappa shape index (κ1) is 11.6. The van der Waals surface area contributed by atoms with Crippen molar-refractivity contribution in [2.45, 2.75) is 23.8 Å². The van der Waals surface area contributed by atoms with E-state index in [4.69, 9.17) is 0 Å². The first-order valence-corrected chi connectivity index (χ1v) is 6.80. The van der Waals surface area contributed by atoms with Gasteiger partial charge in [0.2, 0.25) is 10.0 Å². The molecule has 1 fully saturated rings. The Kier molecular flexibility index (Phi) is 3.01. The predicted octanol–water partition coefficient (Wildman–Crippen LogP) is 0.717. The van der Waals surface area contributed by atoms with Crippen LogP contribution in [-0.2, 0) is 10.0 Å². The van der Waals surface area contributed by atoms with Crippen LogP contribution in [0.25, 0.3) is 0 Å². The lowest BCUT2D eigenvalue weighted by Crippen LogP contribution is -2.47. The molecule has 0 amide bonds. The van der Waals surface area contributed by atoms with E-state index in [1.165, 1.54) is 0 Å². The molecule has 1 aromatic carbocycles. The number of nitrogens with one attached hydrogen (secondary N) is 2. The third-order valence-corrected chi connectivity index (χ3v) is 4.46. The molecule has 0 aromatic heterocycles. The predicted molar refractivity (Wildman–Crippen MR) is 62.7 cm³/mol. The Labute approximate surface area is 96.1 Å². The van der Waals surface area contributed by atoms with Gasteiger partial charge in [0.25, 0.3) is 0 Å². The van der Waals surface area contributed by atoms with Crippen LogP contribution >= 0.6 is 0 Å². The van der Waals surface area contributed by atoms with E-state index in [9.17, 15) is 8.42 Å². The van der Waals surface area contributed by atoms with Crippen LogP contribution in [0.3, 0.4) is 0 Å². The smallest absolute Gasteiger partial charge is 0.241 e. The van der Waals surface area contributed by atoms with Crippen LogP contribution in [0, 0.1) is 0 Å². The second-order valence-electron chi connectivity index (χ2n) is 4.41. The standard InChI is InChI=1S/C11H16N2O2S/c1-11(7-8-12-9-11)13-16(14,15)10-5-3-2-4-6-10/h2-6,12-13H,7-9H2,1H3. The van der Waals surface area contributed by atoms with Crippen LogP contribution in [0.1, 0.15) is 13.3 Å². The molecule has 4 nitrogen and oxygen atoms in total. The Morgan fingerprint density at radius 3 is 2.56 bits per heavy atom. The molecule has 1 aliphatic heterocycles. The molecule has 2 rings (SSSR count). The minimum atomic E-state index is -3.39. The molecule has 1 aromatic rings. The van der Waals surface area contributed by atoms with Crippen LogP contribution in [0.15, 0.2) is 35.2 Å². The van der Waals surface area contributed by atoms with Gasteiger partial charge < -0.3 is 5.32 Å². The lowest BCUT2D eigenvalue weighted by atomic mass is 10.0. The fraction of sp³-hybridized carbons (Fsp3) is 0.455. The summed E-state index contributed by atoms with van der Waals surface area (Å²) in [6.45, 7) is 3.46. The molecule has 1 saturated heterocycles. The summed E-state index contributed by atoms with van der Waals surface area (Å²) >= 11 is 0. The lowest BCUT2D eigenvalue weighted by molar-refractivity contribution is 0.452. The van der Waals surface area contributed by atoms with Gasteiger partial charge in [-0.1, -0.05) is 18.2 Å². The van der Waals surface area contributed by atoms with Crippen molar-refractivity contribution in [2.24, 2.45) is 0 Å². The largest absolute Gasteiger partial charge is 0.315 e. The van der Waals surface area contributed by atoms with E-state index in [1.807, 2.05) is 6.92 Å². The molecule has 5 heteroatoms. The zero-order valence-corrected chi connectivity index (χ0v) is 10.0. The molecule has 2 N–H and O–H groups in total. The average Bonchev–Trinajstić information content (AvgIpc) is 2.65. The van der Waals surface area contributed by atoms with Gasteiger partial charge in [0.05, 0.1) is 4.90 Å². The number of hydrogen-bond donors (Lipinski definition) is 2. The maximum Gasteiger partial charge on any atom is 0.241 e. The molecule has 0 saturated carbocycles. The number of hydrogen-bond acceptors (Lipinski definition) is 3. The third-order valence-electron chi connectivity index (χ3n) is 2.80. The molecule has 1 heterocycles. The molecule has 16 heavy (non-hydrogen) atoms. The van der Waals surface area contributed by atoms with Crippen molar-refractivity contribution in [1.82, 2.24) is 10.0 Å². The van der Waals surface area contributed by atoms with E-state index in [2.05, 4.69) is 10.0 Å². The van der Waals surface area contributed by atoms with E-state index in [0.717, 1.165) is 13.0 Å². The fourth-order valence-electron chi connectivity index (χ4n) is 1.89. The Balaban J connectivity index is 2.21. The summed E-state index contributed by atoms with van der Waals surface area (Å²) < 4.78 is 26.9. The summed E-state index contributed by atoms with van der Waals surface area (Å²) in [7, 11) is -3.39. The van der Waals surface area contributed by atoms with Crippen LogP contribution in [0.4, 0.5) is 0 Å². The molecular weight excluding hydrogens is 224 g/mol. The molecule has 0 radical (unpaired) electrons. The van der Waals surface area contributed by atoms with Gasteiger partial charge in [0, 0.05) is 12.1 Å². The first-order valence-electron chi connectivity index (χ1n) is 5.32. The fourth-order valence-corrected chi connectivity index (χ4v) is 3.34. The second-order valence-corrected chi connectivity index (χ2v) is 6.09. The van der Waals surface area contributed by atoms with Gasteiger partial charge in [-0.25, -0.2) is 13.1 Å². The molecule has 1 aliphatic rings. The van der Waals surface area contributed by atoms with Crippen LogP contribution in [0.2, 0.25) is 0 Å². The average molecular weight is 240 g/mol. The third kappa shape index (κ3) is 2.42. The van der Waals surface area contributed by atoms with Gasteiger partial charge in [-0.15, -0.1) is 0 Å². The van der Waals surface area contributed by atoms with Crippen molar-refractivity contribution >= 4 is 10.0 Å². The summed E-state index contributed by atoms with van der Waals surface area (Å²) in [4.78, 5) is 0.322. The van der Waals surface area contributed by atoms with Crippen molar-refractivity contribution in [3.8, 4) is 0 Å². The summed E-state index contributed by atoms with van der Waals surface area (Å²) in [5.41, 5.74) is -0.366. The van der Waals surface area contributed by atoms with Gasteiger partial charge in [-0.2, -0.15) is 0 Å². The maximum atomic E-state index is 12.1.